The summed E-state index contributed by atoms with van der Waals surface area (Å²) >= 11 is 1.42. The van der Waals surface area contributed by atoms with E-state index in [1.807, 2.05) is 0 Å². The van der Waals surface area contributed by atoms with Gasteiger partial charge >= 0.3 is 17.9 Å². The second kappa shape index (κ2) is 12.2. The standard InChI is InChI=1S/C18H30O7S/c19-15(20)6-4-2-1-3-5-8-18(17(23)24)9-11-25-10-7-14(16(21)22)12-26-13-18/h14H,1-13H2,(H,19,20)(H,21,22)(H,23,24). The monoisotopic (exact) mass is 390 g/mol. The fourth-order valence-electron chi connectivity index (χ4n) is 3.08. The molecule has 0 spiro atoms. The van der Waals surface area contributed by atoms with Crippen LogP contribution in [0.3, 0.4) is 0 Å². The van der Waals surface area contributed by atoms with Gasteiger partial charge < -0.3 is 20.1 Å². The Balaban J connectivity index is 2.49. The Bertz CT molecular complexity index is 468. The molecule has 0 radical (unpaired) electrons. The first-order chi connectivity index (χ1) is 12.4. The summed E-state index contributed by atoms with van der Waals surface area (Å²) in [6.07, 6.45) is 5.64. The number of unbranched alkanes of at least 4 members (excludes halogenated alkanes) is 4. The van der Waals surface area contributed by atoms with Crippen LogP contribution in [-0.4, -0.2) is 57.9 Å². The number of ether oxygens (including phenoxy) is 1. The van der Waals surface area contributed by atoms with Gasteiger partial charge in [-0.15, -0.1) is 0 Å². The largest absolute Gasteiger partial charge is 0.481 e. The van der Waals surface area contributed by atoms with Crippen LogP contribution in [0.25, 0.3) is 0 Å². The van der Waals surface area contributed by atoms with Crippen LogP contribution in [0, 0.1) is 11.3 Å². The van der Waals surface area contributed by atoms with E-state index < -0.39 is 29.2 Å². The summed E-state index contributed by atoms with van der Waals surface area (Å²) in [6.45, 7) is 0.675. The van der Waals surface area contributed by atoms with Gasteiger partial charge in [0, 0.05) is 31.1 Å². The zero-order valence-electron chi connectivity index (χ0n) is 15.2. The summed E-state index contributed by atoms with van der Waals surface area (Å²) in [6, 6.07) is 0. The maximum Gasteiger partial charge on any atom is 0.310 e. The molecule has 150 valence electrons. The Kier molecular flexibility index (Phi) is 10.7. The van der Waals surface area contributed by atoms with Crippen molar-refractivity contribution in [2.75, 3.05) is 24.7 Å². The van der Waals surface area contributed by atoms with E-state index in [4.69, 9.17) is 9.84 Å². The first-order valence-electron chi connectivity index (χ1n) is 9.21. The van der Waals surface area contributed by atoms with Crippen molar-refractivity contribution in [1.82, 2.24) is 0 Å². The second-order valence-corrected chi connectivity index (χ2v) is 7.98. The molecule has 8 heteroatoms. The molecule has 2 unspecified atom stereocenters. The minimum Gasteiger partial charge on any atom is -0.481 e. The third-order valence-corrected chi connectivity index (χ3v) is 6.28. The van der Waals surface area contributed by atoms with Gasteiger partial charge in [-0.2, -0.15) is 11.8 Å². The molecule has 1 rings (SSSR count). The zero-order chi connectivity index (χ0) is 19.4. The third kappa shape index (κ3) is 8.40. The number of hydrogen-bond acceptors (Lipinski definition) is 5. The van der Waals surface area contributed by atoms with Crippen molar-refractivity contribution in [1.29, 1.82) is 0 Å². The highest BCUT2D eigenvalue weighted by molar-refractivity contribution is 7.99. The molecule has 1 heterocycles. The van der Waals surface area contributed by atoms with E-state index in [0.29, 0.717) is 50.4 Å². The van der Waals surface area contributed by atoms with E-state index in [2.05, 4.69) is 0 Å². The minimum absolute atomic E-state index is 0.178. The molecule has 0 aromatic heterocycles. The third-order valence-electron chi connectivity index (χ3n) is 4.88. The van der Waals surface area contributed by atoms with Crippen LogP contribution in [-0.2, 0) is 19.1 Å². The highest BCUT2D eigenvalue weighted by Gasteiger charge is 2.38. The molecule has 3 N–H and O–H groups in total. The average molecular weight is 390 g/mol. The predicted molar refractivity (Wildman–Crippen MR) is 98.5 cm³/mol. The van der Waals surface area contributed by atoms with E-state index in [-0.39, 0.29) is 6.42 Å². The minimum atomic E-state index is -0.883. The lowest BCUT2D eigenvalue weighted by Crippen LogP contribution is -2.36. The molecule has 1 aliphatic rings. The fourth-order valence-corrected chi connectivity index (χ4v) is 4.60. The van der Waals surface area contributed by atoms with E-state index >= 15 is 0 Å². The van der Waals surface area contributed by atoms with Crippen molar-refractivity contribution in [3.8, 4) is 0 Å². The quantitative estimate of drug-likeness (QED) is 0.487. The van der Waals surface area contributed by atoms with Crippen LogP contribution in [0.15, 0.2) is 0 Å². The van der Waals surface area contributed by atoms with Crippen molar-refractivity contribution >= 4 is 29.7 Å². The summed E-state index contributed by atoms with van der Waals surface area (Å²) in [5.74, 6) is -2.18. The van der Waals surface area contributed by atoms with Crippen LogP contribution in [0.2, 0.25) is 0 Å². The first-order valence-corrected chi connectivity index (χ1v) is 10.4. The van der Waals surface area contributed by atoms with Gasteiger partial charge in [0.1, 0.15) is 0 Å². The van der Waals surface area contributed by atoms with Gasteiger partial charge in [-0.05, 0) is 25.7 Å². The van der Waals surface area contributed by atoms with Crippen LogP contribution in [0.4, 0.5) is 0 Å². The summed E-state index contributed by atoms with van der Waals surface area (Å²) < 4.78 is 5.49. The summed E-state index contributed by atoms with van der Waals surface area (Å²) in [5, 5.41) is 27.6. The Labute approximate surface area is 158 Å². The van der Waals surface area contributed by atoms with E-state index in [1.54, 1.807) is 0 Å². The Morgan fingerprint density at radius 2 is 1.69 bits per heavy atom. The Hall–Kier alpha value is -1.28. The van der Waals surface area contributed by atoms with Gasteiger partial charge in [-0.1, -0.05) is 25.7 Å². The fraction of sp³-hybridized carbons (Fsp3) is 0.833. The lowest BCUT2D eigenvalue weighted by Gasteiger charge is -2.30. The first kappa shape index (κ1) is 22.8. The number of rotatable bonds is 10. The van der Waals surface area contributed by atoms with Gasteiger partial charge in [-0.25, -0.2) is 0 Å². The number of aliphatic carboxylic acids is 3. The van der Waals surface area contributed by atoms with Crippen molar-refractivity contribution in [2.45, 2.75) is 57.8 Å². The van der Waals surface area contributed by atoms with Crippen LogP contribution in [0.5, 0.6) is 0 Å². The smallest absolute Gasteiger partial charge is 0.310 e. The number of carboxylic acids is 3. The van der Waals surface area contributed by atoms with Gasteiger partial charge in [0.25, 0.3) is 0 Å². The molecule has 0 aromatic carbocycles. The topological polar surface area (TPSA) is 121 Å². The molecule has 26 heavy (non-hydrogen) atoms. The molecule has 2 atom stereocenters. The van der Waals surface area contributed by atoms with Gasteiger partial charge in [0.15, 0.2) is 0 Å². The van der Waals surface area contributed by atoms with Crippen LogP contribution < -0.4 is 0 Å². The van der Waals surface area contributed by atoms with Crippen molar-refractivity contribution in [3.05, 3.63) is 0 Å². The number of hydrogen-bond donors (Lipinski definition) is 3. The normalized spacial score (nSPS) is 24.7. The molecule has 1 aliphatic heterocycles. The molecule has 0 aliphatic carbocycles. The van der Waals surface area contributed by atoms with Gasteiger partial charge in [0.05, 0.1) is 11.3 Å². The maximum absolute atomic E-state index is 11.9. The van der Waals surface area contributed by atoms with Crippen molar-refractivity contribution in [3.63, 3.8) is 0 Å². The van der Waals surface area contributed by atoms with Crippen LogP contribution in [0.1, 0.15) is 57.8 Å². The van der Waals surface area contributed by atoms with E-state index in [1.165, 1.54) is 11.8 Å². The average Bonchev–Trinajstić information content (AvgIpc) is 2.58. The SMILES string of the molecule is O=C(O)CCCCCCCC1(C(=O)O)CCOCCC(C(=O)O)CSC1. The van der Waals surface area contributed by atoms with Gasteiger partial charge in [-0.3, -0.25) is 14.4 Å². The second-order valence-electron chi connectivity index (χ2n) is 6.95. The number of carbonyl (C=O) groups is 3. The highest BCUT2D eigenvalue weighted by atomic mass is 32.2. The molecule has 1 saturated heterocycles. The lowest BCUT2D eigenvalue weighted by atomic mass is 9.81. The summed E-state index contributed by atoms with van der Waals surface area (Å²) in [4.78, 5) is 33.6. The van der Waals surface area contributed by atoms with Crippen LogP contribution >= 0.6 is 11.8 Å². The lowest BCUT2D eigenvalue weighted by molar-refractivity contribution is -0.149. The van der Waals surface area contributed by atoms with Gasteiger partial charge in [0.2, 0.25) is 0 Å². The molecule has 0 bridgehead atoms. The molecular formula is C18H30O7S. The van der Waals surface area contributed by atoms with E-state index in [9.17, 15) is 24.6 Å². The van der Waals surface area contributed by atoms with Crippen molar-refractivity contribution < 1.29 is 34.4 Å². The summed E-state index contributed by atoms with van der Waals surface area (Å²) in [7, 11) is 0. The number of thioether (sulfide) groups is 1. The molecule has 0 aromatic rings. The number of carboxylic acid groups (broad SMARTS) is 3. The Morgan fingerprint density at radius 3 is 2.35 bits per heavy atom. The Morgan fingerprint density at radius 1 is 1.00 bits per heavy atom. The van der Waals surface area contributed by atoms with E-state index in [0.717, 1.165) is 25.7 Å². The summed E-state index contributed by atoms with van der Waals surface area (Å²) in [5.41, 5.74) is -0.883. The molecule has 0 saturated carbocycles. The molecule has 0 amide bonds. The van der Waals surface area contributed by atoms with Crippen molar-refractivity contribution in [2.24, 2.45) is 11.3 Å². The molecular weight excluding hydrogens is 360 g/mol. The highest BCUT2D eigenvalue weighted by Crippen LogP contribution is 2.35. The molecule has 1 fully saturated rings. The zero-order valence-corrected chi connectivity index (χ0v) is 16.0. The predicted octanol–water partition coefficient (Wildman–Crippen LogP) is 3.12. The maximum atomic E-state index is 11.9. The molecule has 7 nitrogen and oxygen atoms in total.